The van der Waals surface area contributed by atoms with Crippen molar-refractivity contribution in [2.24, 2.45) is 5.92 Å². The van der Waals surface area contributed by atoms with E-state index in [1.807, 2.05) is 6.92 Å². The van der Waals surface area contributed by atoms with Gasteiger partial charge in [-0.3, -0.25) is 10.1 Å². The number of carboxylic acids is 1. The van der Waals surface area contributed by atoms with E-state index in [0.717, 1.165) is 0 Å². The van der Waals surface area contributed by atoms with Crippen LogP contribution < -0.4 is 5.32 Å². The van der Waals surface area contributed by atoms with Gasteiger partial charge in [0.2, 0.25) is 0 Å². The minimum Gasteiger partial charge on any atom is -0.479 e. The molecule has 0 aromatic rings. The molecule has 0 amide bonds. The van der Waals surface area contributed by atoms with Gasteiger partial charge >= 0.3 is 5.97 Å². The van der Waals surface area contributed by atoms with E-state index in [1.54, 1.807) is 6.92 Å². The minimum absolute atomic E-state index is 0.0879. The molecule has 14 heavy (non-hydrogen) atoms. The Balaban J connectivity index is 3.06. The maximum atomic E-state index is 11.6. The Morgan fingerprint density at radius 3 is 2.50 bits per heavy atom. The van der Waals surface area contributed by atoms with Crippen molar-refractivity contribution in [3.63, 3.8) is 0 Å². The monoisotopic (exact) mass is 217 g/mol. The highest BCUT2D eigenvalue weighted by Crippen LogP contribution is 2.31. The normalized spacial score (nSPS) is 37.1. The van der Waals surface area contributed by atoms with Crippen LogP contribution in [0.4, 0.5) is 0 Å². The van der Waals surface area contributed by atoms with Gasteiger partial charge in [-0.1, -0.05) is 13.8 Å². The van der Waals surface area contributed by atoms with E-state index in [2.05, 4.69) is 17.9 Å². The van der Waals surface area contributed by atoms with Gasteiger partial charge < -0.3 is 5.11 Å². The maximum absolute atomic E-state index is 11.6. The molecule has 1 heterocycles. The topological polar surface area (TPSA) is 66.4 Å². The lowest BCUT2D eigenvalue weighted by Gasteiger charge is -2.27. The smallest absolute Gasteiger partial charge is 0.332 e. The third kappa shape index (κ3) is 1.44. The second kappa shape index (κ2) is 3.90. The van der Waals surface area contributed by atoms with Crippen LogP contribution in [-0.2, 0) is 9.59 Å². The fourth-order valence-corrected chi connectivity index (χ4v) is 2.28. The number of Topliss-reactive ketones (excluding diaryl/α,β-unsaturated/α-hetero) is 1. The molecule has 0 bridgehead atoms. The van der Waals surface area contributed by atoms with Crippen molar-refractivity contribution in [2.75, 3.05) is 6.54 Å². The first kappa shape index (κ1) is 11.5. The number of carbonyl (C=O) groups is 2. The van der Waals surface area contributed by atoms with Crippen molar-refractivity contribution in [3.05, 3.63) is 0 Å². The zero-order valence-electron chi connectivity index (χ0n) is 8.28. The van der Waals surface area contributed by atoms with E-state index in [-0.39, 0.29) is 18.1 Å². The predicted octanol–water partition coefficient (Wildman–Crippen LogP) is 0.327. The first-order valence-electron chi connectivity index (χ1n) is 4.66. The number of hydrogen-bond acceptors (Lipinski definition) is 4. The van der Waals surface area contributed by atoms with Gasteiger partial charge in [0.15, 0.2) is 11.3 Å². The SMILES string of the molecule is CCC(=O)[C@]1(C(=O)O)NCC(C)C1S. The molecule has 1 fully saturated rings. The number of carboxylic acid groups (broad SMARTS) is 1. The van der Waals surface area contributed by atoms with E-state index >= 15 is 0 Å². The molecule has 2 N–H and O–H groups in total. The van der Waals surface area contributed by atoms with Gasteiger partial charge in [0.1, 0.15) is 0 Å². The average molecular weight is 217 g/mol. The number of aliphatic carboxylic acids is 1. The summed E-state index contributed by atoms with van der Waals surface area (Å²) >= 11 is 4.24. The van der Waals surface area contributed by atoms with Crippen LogP contribution in [0, 0.1) is 5.92 Å². The summed E-state index contributed by atoms with van der Waals surface area (Å²) in [7, 11) is 0. The van der Waals surface area contributed by atoms with E-state index in [0.29, 0.717) is 6.54 Å². The molecular formula is C9H15NO3S. The van der Waals surface area contributed by atoms with Crippen molar-refractivity contribution in [2.45, 2.75) is 31.1 Å². The molecular weight excluding hydrogens is 202 g/mol. The van der Waals surface area contributed by atoms with Gasteiger partial charge in [-0.05, 0) is 5.92 Å². The molecule has 1 aliphatic rings. The van der Waals surface area contributed by atoms with Gasteiger partial charge in [0.25, 0.3) is 0 Å². The van der Waals surface area contributed by atoms with E-state index < -0.39 is 16.8 Å². The molecule has 0 aromatic carbocycles. The molecule has 1 aliphatic heterocycles. The standard InChI is InChI=1S/C9H15NO3S/c1-3-6(11)9(8(12)13)7(14)5(2)4-10-9/h5,7,10,14H,3-4H2,1-2H3,(H,12,13)/t5?,7?,9-/m0/s1. The van der Waals surface area contributed by atoms with E-state index in [9.17, 15) is 9.59 Å². The number of rotatable bonds is 3. The summed E-state index contributed by atoms with van der Waals surface area (Å²) in [6, 6.07) is 0. The average Bonchev–Trinajstić information content (AvgIpc) is 2.44. The fourth-order valence-electron chi connectivity index (χ4n) is 1.83. The van der Waals surface area contributed by atoms with Crippen LogP contribution >= 0.6 is 12.6 Å². The molecule has 3 atom stereocenters. The van der Waals surface area contributed by atoms with Crippen molar-refractivity contribution >= 4 is 24.4 Å². The molecule has 0 aliphatic carbocycles. The van der Waals surface area contributed by atoms with Crippen molar-refractivity contribution < 1.29 is 14.7 Å². The predicted molar refractivity (Wildman–Crippen MR) is 55.6 cm³/mol. The quantitative estimate of drug-likeness (QED) is 0.471. The lowest BCUT2D eigenvalue weighted by atomic mass is 9.87. The van der Waals surface area contributed by atoms with Crippen LogP contribution in [0.3, 0.4) is 0 Å². The second-order valence-corrected chi connectivity index (χ2v) is 4.25. The molecule has 0 saturated carbocycles. The van der Waals surface area contributed by atoms with Crippen LogP contribution in [-0.4, -0.2) is 34.2 Å². The second-order valence-electron chi connectivity index (χ2n) is 3.69. The Morgan fingerprint density at radius 2 is 2.21 bits per heavy atom. The molecule has 5 heteroatoms. The summed E-state index contributed by atoms with van der Waals surface area (Å²) in [6.45, 7) is 4.07. The van der Waals surface area contributed by atoms with Gasteiger partial charge in [0.05, 0.1) is 0 Å². The van der Waals surface area contributed by atoms with Crippen LogP contribution in [0.1, 0.15) is 20.3 Å². The van der Waals surface area contributed by atoms with Crippen LogP contribution in [0.2, 0.25) is 0 Å². The van der Waals surface area contributed by atoms with Crippen LogP contribution in [0.5, 0.6) is 0 Å². The molecule has 1 saturated heterocycles. The molecule has 0 spiro atoms. The molecule has 2 unspecified atom stereocenters. The highest BCUT2D eigenvalue weighted by molar-refractivity contribution is 7.81. The van der Waals surface area contributed by atoms with Crippen LogP contribution in [0.25, 0.3) is 0 Å². The third-order valence-corrected chi connectivity index (χ3v) is 3.68. The van der Waals surface area contributed by atoms with E-state index in [4.69, 9.17) is 5.11 Å². The van der Waals surface area contributed by atoms with Crippen LogP contribution in [0.15, 0.2) is 0 Å². The number of carbonyl (C=O) groups excluding carboxylic acids is 1. The highest BCUT2D eigenvalue weighted by atomic mass is 32.1. The maximum Gasteiger partial charge on any atom is 0.332 e. The zero-order chi connectivity index (χ0) is 10.9. The Kier molecular flexibility index (Phi) is 3.21. The van der Waals surface area contributed by atoms with Crippen molar-refractivity contribution in [1.82, 2.24) is 5.32 Å². The lowest BCUT2D eigenvalue weighted by Crippen LogP contribution is -2.59. The Hall–Kier alpha value is -0.550. The summed E-state index contributed by atoms with van der Waals surface area (Å²) in [5, 5.41) is 11.5. The largest absolute Gasteiger partial charge is 0.479 e. The molecule has 0 aromatic heterocycles. The number of hydrogen-bond donors (Lipinski definition) is 3. The van der Waals surface area contributed by atoms with E-state index in [1.165, 1.54) is 0 Å². The van der Waals surface area contributed by atoms with Crippen molar-refractivity contribution in [3.8, 4) is 0 Å². The summed E-state index contributed by atoms with van der Waals surface area (Å²) in [6.07, 6.45) is 0.211. The fraction of sp³-hybridized carbons (Fsp3) is 0.778. The Morgan fingerprint density at radius 1 is 1.64 bits per heavy atom. The van der Waals surface area contributed by atoms with Gasteiger partial charge in [-0.2, -0.15) is 12.6 Å². The van der Waals surface area contributed by atoms with Gasteiger partial charge in [-0.25, -0.2) is 4.79 Å². The summed E-state index contributed by atoms with van der Waals surface area (Å²) in [4.78, 5) is 22.8. The Labute approximate surface area is 88.5 Å². The molecule has 1 rings (SSSR count). The lowest BCUT2D eigenvalue weighted by molar-refractivity contribution is -0.149. The van der Waals surface area contributed by atoms with Crippen molar-refractivity contribution in [1.29, 1.82) is 0 Å². The molecule has 4 nitrogen and oxygen atoms in total. The van der Waals surface area contributed by atoms with Gasteiger partial charge in [-0.15, -0.1) is 0 Å². The zero-order valence-corrected chi connectivity index (χ0v) is 9.17. The summed E-state index contributed by atoms with van der Waals surface area (Å²) in [5.41, 5.74) is -1.47. The third-order valence-electron chi connectivity index (χ3n) is 2.78. The molecule has 80 valence electrons. The highest BCUT2D eigenvalue weighted by Gasteiger charge is 2.55. The number of nitrogens with one attached hydrogen (secondary N) is 1. The Bertz CT molecular complexity index is 269. The summed E-state index contributed by atoms with van der Waals surface area (Å²) in [5.74, 6) is -1.33. The first-order valence-corrected chi connectivity index (χ1v) is 5.18. The van der Waals surface area contributed by atoms with Gasteiger partial charge in [0, 0.05) is 18.2 Å². The first-order chi connectivity index (χ1) is 6.46. The number of thiol groups is 1. The number of ketones is 1. The molecule has 0 radical (unpaired) electrons. The minimum atomic E-state index is -1.47. The summed E-state index contributed by atoms with van der Waals surface area (Å²) < 4.78 is 0.